The number of carbonyl (C=O) groups excluding carboxylic acids is 1. The molecule has 0 spiro atoms. The Kier molecular flexibility index (Phi) is 5.91. The van der Waals surface area contributed by atoms with Crippen LogP contribution in [0.3, 0.4) is 0 Å². The van der Waals surface area contributed by atoms with Crippen molar-refractivity contribution in [3.8, 4) is 17.2 Å². The van der Waals surface area contributed by atoms with Gasteiger partial charge in [-0.15, -0.1) is 0 Å². The van der Waals surface area contributed by atoms with Crippen LogP contribution in [0.1, 0.15) is 15.9 Å². The van der Waals surface area contributed by atoms with E-state index in [1.54, 1.807) is 28.8 Å². The number of amidine groups is 1. The Labute approximate surface area is 163 Å². The number of hydrogen-bond acceptors (Lipinski definition) is 6. The fourth-order valence-electron chi connectivity index (χ4n) is 2.84. The van der Waals surface area contributed by atoms with E-state index in [4.69, 9.17) is 19.2 Å². The molecule has 142 valence electrons. The van der Waals surface area contributed by atoms with E-state index in [9.17, 15) is 4.79 Å². The van der Waals surface area contributed by atoms with Crippen LogP contribution in [0.5, 0.6) is 17.2 Å². The molecule has 1 fully saturated rings. The lowest BCUT2D eigenvalue weighted by Crippen LogP contribution is -2.31. The van der Waals surface area contributed by atoms with Gasteiger partial charge in [0.25, 0.3) is 5.91 Å². The third-order valence-corrected chi connectivity index (χ3v) is 5.22. The van der Waals surface area contributed by atoms with Crippen molar-refractivity contribution >= 4 is 28.5 Å². The summed E-state index contributed by atoms with van der Waals surface area (Å²) < 4.78 is 16.0. The normalized spacial score (nSPS) is 15.1. The quantitative estimate of drug-likeness (QED) is 0.780. The topological polar surface area (TPSA) is 60.4 Å². The Hall–Kier alpha value is -2.67. The minimum Gasteiger partial charge on any atom is -0.493 e. The number of hydrogen-bond donors (Lipinski definition) is 0. The summed E-state index contributed by atoms with van der Waals surface area (Å²) in [7, 11) is 4.59. The van der Waals surface area contributed by atoms with Crippen LogP contribution in [-0.2, 0) is 0 Å². The Morgan fingerprint density at radius 3 is 2.33 bits per heavy atom. The van der Waals surface area contributed by atoms with Gasteiger partial charge in [0.05, 0.1) is 27.0 Å². The van der Waals surface area contributed by atoms with E-state index in [0.717, 1.165) is 17.0 Å². The highest BCUT2D eigenvalue weighted by Gasteiger charge is 2.28. The van der Waals surface area contributed by atoms with E-state index in [1.165, 1.54) is 21.3 Å². The van der Waals surface area contributed by atoms with Crippen molar-refractivity contribution < 1.29 is 19.0 Å². The summed E-state index contributed by atoms with van der Waals surface area (Å²) in [6, 6.07) is 11.2. The van der Waals surface area contributed by atoms with Crippen LogP contribution in [0.4, 0.5) is 5.69 Å². The Bertz CT molecular complexity index is 857. The van der Waals surface area contributed by atoms with E-state index in [1.807, 2.05) is 31.2 Å². The van der Waals surface area contributed by atoms with Gasteiger partial charge in [-0.25, -0.2) is 4.99 Å². The van der Waals surface area contributed by atoms with E-state index in [0.29, 0.717) is 34.5 Å². The summed E-state index contributed by atoms with van der Waals surface area (Å²) in [5.74, 6) is 2.02. The number of carbonyl (C=O) groups is 1. The molecule has 0 saturated carbocycles. The SMILES string of the molecule is COc1cc(C(=O)N2CCSC2=Nc2ccccc2C)cc(OC)c1OC. The van der Waals surface area contributed by atoms with Crippen LogP contribution in [0.2, 0.25) is 0 Å². The molecule has 2 aromatic carbocycles. The first kappa shape index (κ1) is 19.1. The number of benzene rings is 2. The van der Waals surface area contributed by atoms with Crippen LogP contribution in [0, 0.1) is 6.92 Å². The Morgan fingerprint density at radius 2 is 1.74 bits per heavy atom. The van der Waals surface area contributed by atoms with Crippen LogP contribution in [0.25, 0.3) is 0 Å². The van der Waals surface area contributed by atoms with Crippen molar-refractivity contribution in [3.63, 3.8) is 0 Å². The second kappa shape index (κ2) is 8.35. The minimum absolute atomic E-state index is 0.147. The molecule has 0 aromatic heterocycles. The number of thioether (sulfide) groups is 1. The highest BCUT2D eigenvalue weighted by Crippen LogP contribution is 2.39. The summed E-state index contributed by atoms with van der Waals surface area (Å²) >= 11 is 1.57. The summed E-state index contributed by atoms with van der Waals surface area (Å²) in [6.07, 6.45) is 0. The van der Waals surface area contributed by atoms with Gasteiger partial charge in [-0.05, 0) is 30.7 Å². The van der Waals surface area contributed by atoms with Crippen molar-refractivity contribution in [2.45, 2.75) is 6.92 Å². The first-order valence-corrected chi connectivity index (χ1v) is 9.46. The van der Waals surface area contributed by atoms with E-state index < -0.39 is 0 Å². The van der Waals surface area contributed by atoms with E-state index >= 15 is 0 Å². The Morgan fingerprint density at radius 1 is 1.07 bits per heavy atom. The number of rotatable bonds is 5. The molecule has 0 radical (unpaired) electrons. The molecular weight excluding hydrogens is 364 g/mol. The first-order chi connectivity index (χ1) is 13.1. The molecule has 27 heavy (non-hydrogen) atoms. The van der Waals surface area contributed by atoms with Gasteiger partial charge < -0.3 is 14.2 Å². The number of methoxy groups -OCH3 is 3. The maximum absolute atomic E-state index is 13.1. The van der Waals surface area contributed by atoms with Gasteiger partial charge in [0.1, 0.15) is 0 Å². The maximum atomic E-state index is 13.1. The third kappa shape index (κ3) is 3.88. The number of nitrogens with zero attached hydrogens (tertiary/aromatic N) is 2. The molecule has 0 aliphatic carbocycles. The second-order valence-electron chi connectivity index (χ2n) is 5.90. The van der Waals surface area contributed by atoms with Crippen molar-refractivity contribution in [3.05, 3.63) is 47.5 Å². The number of ether oxygens (including phenoxy) is 3. The Balaban J connectivity index is 1.96. The number of aryl methyl sites for hydroxylation is 1. The van der Waals surface area contributed by atoms with Crippen molar-refractivity contribution in [1.82, 2.24) is 4.90 Å². The van der Waals surface area contributed by atoms with Crippen LogP contribution < -0.4 is 14.2 Å². The molecule has 6 nitrogen and oxygen atoms in total. The fraction of sp³-hybridized carbons (Fsp3) is 0.300. The highest BCUT2D eigenvalue weighted by molar-refractivity contribution is 8.14. The number of amides is 1. The monoisotopic (exact) mass is 386 g/mol. The third-order valence-electron chi connectivity index (χ3n) is 4.27. The number of para-hydroxylation sites is 1. The molecule has 3 rings (SSSR count). The van der Waals surface area contributed by atoms with E-state index in [2.05, 4.69) is 0 Å². The highest BCUT2D eigenvalue weighted by atomic mass is 32.2. The predicted molar refractivity (Wildman–Crippen MR) is 108 cm³/mol. The lowest BCUT2D eigenvalue weighted by atomic mass is 10.1. The molecule has 1 aliphatic heterocycles. The molecule has 0 atom stereocenters. The molecular formula is C20H22N2O4S. The largest absolute Gasteiger partial charge is 0.493 e. The average molecular weight is 386 g/mol. The standard InChI is InChI=1S/C20H22N2O4S/c1-13-7-5-6-8-15(13)21-20-22(9-10-27-20)19(23)14-11-16(24-2)18(26-4)17(12-14)25-3/h5-8,11-12H,9-10H2,1-4H3. The zero-order valence-electron chi connectivity index (χ0n) is 15.8. The molecule has 7 heteroatoms. The maximum Gasteiger partial charge on any atom is 0.260 e. The van der Waals surface area contributed by atoms with Crippen molar-refractivity contribution in [2.24, 2.45) is 4.99 Å². The smallest absolute Gasteiger partial charge is 0.260 e. The van der Waals surface area contributed by atoms with Gasteiger partial charge in [-0.1, -0.05) is 30.0 Å². The lowest BCUT2D eigenvalue weighted by molar-refractivity contribution is 0.0858. The molecule has 1 aliphatic rings. The zero-order valence-corrected chi connectivity index (χ0v) is 16.6. The van der Waals surface area contributed by atoms with Gasteiger partial charge in [0.2, 0.25) is 5.75 Å². The summed E-state index contributed by atoms with van der Waals surface area (Å²) in [4.78, 5) is 19.5. The van der Waals surface area contributed by atoms with Crippen LogP contribution in [0.15, 0.2) is 41.4 Å². The zero-order chi connectivity index (χ0) is 19.4. The second-order valence-corrected chi connectivity index (χ2v) is 6.96. The van der Waals surface area contributed by atoms with Crippen molar-refractivity contribution in [2.75, 3.05) is 33.6 Å². The molecule has 0 N–H and O–H groups in total. The first-order valence-electron chi connectivity index (χ1n) is 8.48. The van der Waals surface area contributed by atoms with E-state index in [-0.39, 0.29) is 5.91 Å². The molecule has 1 amide bonds. The molecule has 1 heterocycles. The lowest BCUT2D eigenvalue weighted by Gasteiger charge is -2.18. The molecule has 1 saturated heterocycles. The van der Waals surface area contributed by atoms with Gasteiger partial charge in [-0.2, -0.15) is 0 Å². The fourth-order valence-corrected chi connectivity index (χ4v) is 3.78. The van der Waals surface area contributed by atoms with Gasteiger partial charge in [0.15, 0.2) is 16.7 Å². The summed E-state index contributed by atoms with van der Waals surface area (Å²) in [6.45, 7) is 2.61. The van der Waals surface area contributed by atoms with Gasteiger partial charge in [-0.3, -0.25) is 9.69 Å². The average Bonchev–Trinajstić information content (AvgIpc) is 3.16. The number of aliphatic imine (C=N–C) groups is 1. The molecule has 0 unspecified atom stereocenters. The minimum atomic E-state index is -0.147. The summed E-state index contributed by atoms with van der Waals surface area (Å²) in [5.41, 5.74) is 2.40. The summed E-state index contributed by atoms with van der Waals surface area (Å²) in [5, 5.41) is 0.697. The van der Waals surface area contributed by atoms with Gasteiger partial charge >= 0.3 is 0 Å². The van der Waals surface area contributed by atoms with Gasteiger partial charge in [0, 0.05) is 17.9 Å². The van der Waals surface area contributed by atoms with Crippen LogP contribution in [-0.4, -0.2) is 49.6 Å². The van der Waals surface area contributed by atoms with Crippen LogP contribution >= 0.6 is 11.8 Å². The molecule has 2 aromatic rings. The molecule has 0 bridgehead atoms. The van der Waals surface area contributed by atoms with Crippen molar-refractivity contribution in [1.29, 1.82) is 0 Å². The predicted octanol–water partition coefficient (Wildman–Crippen LogP) is 3.90.